The standard InChI is InChI=1S/C16H21NO/c1-11-5-8-14(10-15(11)13-6-7-13)17-16(18)9-12-3-2-4-12/h5,8,10,12-13H,2-4,6-7,9H2,1H3,(H,17,18). The quantitative estimate of drug-likeness (QED) is 0.850. The Morgan fingerprint density at radius 2 is 2.06 bits per heavy atom. The van der Waals surface area contributed by atoms with Crippen molar-refractivity contribution in [2.45, 2.75) is 51.4 Å². The van der Waals surface area contributed by atoms with Crippen molar-refractivity contribution in [3.05, 3.63) is 29.3 Å². The molecule has 96 valence electrons. The van der Waals surface area contributed by atoms with E-state index in [0.717, 1.165) is 11.6 Å². The zero-order valence-electron chi connectivity index (χ0n) is 11.0. The molecular formula is C16H21NO. The summed E-state index contributed by atoms with van der Waals surface area (Å²) < 4.78 is 0. The Kier molecular flexibility index (Phi) is 3.11. The molecule has 1 aromatic carbocycles. The Hall–Kier alpha value is -1.31. The number of amides is 1. The molecule has 2 aliphatic rings. The van der Waals surface area contributed by atoms with E-state index in [4.69, 9.17) is 0 Å². The van der Waals surface area contributed by atoms with E-state index in [1.54, 1.807) is 0 Å². The van der Waals surface area contributed by atoms with E-state index in [0.29, 0.717) is 12.3 Å². The lowest BCUT2D eigenvalue weighted by atomic mass is 9.83. The summed E-state index contributed by atoms with van der Waals surface area (Å²) in [6.45, 7) is 2.16. The summed E-state index contributed by atoms with van der Waals surface area (Å²) in [6.07, 6.45) is 7.07. The van der Waals surface area contributed by atoms with Crippen LogP contribution in [0.5, 0.6) is 0 Å². The lowest BCUT2D eigenvalue weighted by Crippen LogP contribution is -2.20. The first kappa shape index (κ1) is 11.8. The van der Waals surface area contributed by atoms with Gasteiger partial charge in [-0.05, 0) is 67.7 Å². The van der Waals surface area contributed by atoms with E-state index in [2.05, 4.69) is 24.4 Å². The average Bonchev–Trinajstić information content (AvgIpc) is 3.10. The van der Waals surface area contributed by atoms with Crippen molar-refractivity contribution in [2.75, 3.05) is 5.32 Å². The number of rotatable bonds is 4. The Bertz CT molecular complexity index is 458. The van der Waals surface area contributed by atoms with Crippen LogP contribution in [0.3, 0.4) is 0 Å². The zero-order chi connectivity index (χ0) is 12.5. The molecule has 0 heterocycles. The first-order valence-corrected chi connectivity index (χ1v) is 7.13. The van der Waals surface area contributed by atoms with Gasteiger partial charge in [0.25, 0.3) is 0 Å². The smallest absolute Gasteiger partial charge is 0.224 e. The highest BCUT2D eigenvalue weighted by Crippen LogP contribution is 2.42. The van der Waals surface area contributed by atoms with Gasteiger partial charge in [0.15, 0.2) is 0 Å². The summed E-state index contributed by atoms with van der Waals surface area (Å²) >= 11 is 0. The molecule has 0 aromatic heterocycles. The Balaban J connectivity index is 1.64. The van der Waals surface area contributed by atoms with Crippen LogP contribution in [-0.2, 0) is 4.79 Å². The van der Waals surface area contributed by atoms with Crippen LogP contribution >= 0.6 is 0 Å². The van der Waals surface area contributed by atoms with Crippen LogP contribution < -0.4 is 5.32 Å². The van der Waals surface area contributed by atoms with Crippen LogP contribution in [0, 0.1) is 12.8 Å². The lowest BCUT2D eigenvalue weighted by molar-refractivity contribution is -0.117. The fourth-order valence-corrected chi connectivity index (χ4v) is 2.72. The number of hydrogen-bond acceptors (Lipinski definition) is 1. The largest absolute Gasteiger partial charge is 0.326 e. The summed E-state index contributed by atoms with van der Waals surface area (Å²) in [5.74, 6) is 1.57. The molecule has 0 radical (unpaired) electrons. The third-order valence-corrected chi connectivity index (χ3v) is 4.28. The lowest BCUT2D eigenvalue weighted by Gasteiger charge is -2.24. The summed E-state index contributed by atoms with van der Waals surface area (Å²) in [5.41, 5.74) is 3.76. The van der Waals surface area contributed by atoms with E-state index < -0.39 is 0 Å². The number of anilines is 1. The molecule has 0 saturated heterocycles. The molecule has 1 amide bonds. The van der Waals surface area contributed by atoms with Gasteiger partial charge in [-0.3, -0.25) is 4.79 Å². The molecule has 2 aliphatic carbocycles. The molecule has 0 aliphatic heterocycles. The van der Waals surface area contributed by atoms with Crippen LogP contribution in [0.4, 0.5) is 5.69 Å². The minimum absolute atomic E-state index is 0.185. The molecule has 3 rings (SSSR count). The molecule has 2 fully saturated rings. The van der Waals surface area contributed by atoms with Crippen LogP contribution in [0.2, 0.25) is 0 Å². The number of nitrogens with one attached hydrogen (secondary N) is 1. The second-order valence-electron chi connectivity index (χ2n) is 5.89. The first-order chi connectivity index (χ1) is 8.72. The first-order valence-electron chi connectivity index (χ1n) is 7.13. The van der Waals surface area contributed by atoms with Crippen LogP contribution in [-0.4, -0.2) is 5.91 Å². The van der Waals surface area contributed by atoms with Crippen LogP contribution in [0.1, 0.15) is 55.6 Å². The number of hydrogen-bond donors (Lipinski definition) is 1. The monoisotopic (exact) mass is 243 g/mol. The van der Waals surface area contributed by atoms with Gasteiger partial charge in [-0.2, -0.15) is 0 Å². The van der Waals surface area contributed by atoms with Crippen molar-refractivity contribution in [3.8, 4) is 0 Å². The van der Waals surface area contributed by atoms with Gasteiger partial charge < -0.3 is 5.32 Å². The van der Waals surface area contributed by atoms with E-state index in [9.17, 15) is 4.79 Å². The summed E-state index contributed by atoms with van der Waals surface area (Å²) in [6, 6.07) is 6.33. The average molecular weight is 243 g/mol. The normalized spacial score (nSPS) is 19.4. The number of aryl methyl sites for hydroxylation is 1. The van der Waals surface area contributed by atoms with Gasteiger partial charge in [-0.1, -0.05) is 12.5 Å². The molecule has 0 bridgehead atoms. The van der Waals surface area contributed by atoms with Gasteiger partial charge in [-0.25, -0.2) is 0 Å². The fourth-order valence-electron chi connectivity index (χ4n) is 2.72. The maximum absolute atomic E-state index is 11.9. The third-order valence-electron chi connectivity index (χ3n) is 4.28. The molecule has 2 nitrogen and oxygen atoms in total. The highest BCUT2D eigenvalue weighted by atomic mass is 16.1. The van der Waals surface area contributed by atoms with Gasteiger partial charge >= 0.3 is 0 Å². The van der Waals surface area contributed by atoms with Gasteiger partial charge in [0, 0.05) is 12.1 Å². The molecule has 0 unspecified atom stereocenters. The highest BCUT2D eigenvalue weighted by Gasteiger charge is 2.25. The minimum Gasteiger partial charge on any atom is -0.326 e. The van der Waals surface area contributed by atoms with Crippen LogP contribution in [0.15, 0.2) is 18.2 Å². The number of benzene rings is 1. The van der Waals surface area contributed by atoms with E-state index in [1.807, 2.05) is 6.07 Å². The van der Waals surface area contributed by atoms with Gasteiger partial charge in [0.1, 0.15) is 0 Å². The second-order valence-corrected chi connectivity index (χ2v) is 5.89. The molecule has 0 atom stereocenters. The minimum atomic E-state index is 0.185. The predicted octanol–water partition coefficient (Wildman–Crippen LogP) is 4.00. The third kappa shape index (κ3) is 2.58. The predicted molar refractivity (Wildman–Crippen MR) is 73.7 cm³/mol. The highest BCUT2D eigenvalue weighted by molar-refractivity contribution is 5.91. The summed E-state index contributed by atoms with van der Waals surface area (Å²) in [4.78, 5) is 11.9. The van der Waals surface area contributed by atoms with E-state index in [-0.39, 0.29) is 5.91 Å². The van der Waals surface area contributed by atoms with Crippen LogP contribution in [0.25, 0.3) is 0 Å². The molecule has 18 heavy (non-hydrogen) atoms. The Labute approximate surface area is 109 Å². The van der Waals surface area contributed by atoms with Crippen molar-refractivity contribution in [1.82, 2.24) is 0 Å². The summed E-state index contributed by atoms with van der Waals surface area (Å²) in [7, 11) is 0. The Morgan fingerprint density at radius 1 is 1.28 bits per heavy atom. The maximum atomic E-state index is 11.9. The Morgan fingerprint density at radius 3 is 2.67 bits per heavy atom. The molecule has 2 saturated carbocycles. The van der Waals surface area contributed by atoms with E-state index >= 15 is 0 Å². The fraction of sp³-hybridized carbons (Fsp3) is 0.562. The van der Waals surface area contributed by atoms with Crippen molar-refractivity contribution < 1.29 is 4.79 Å². The van der Waals surface area contributed by atoms with Crippen molar-refractivity contribution in [1.29, 1.82) is 0 Å². The second kappa shape index (κ2) is 4.75. The molecule has 0 spiro atoms. The number of carbonyl (C=O) groups excluding carboxylic acids is 1. The zero-order valence-corrected chi connectivity index (χ0v) is 11.0. The molecule has 2 heteroatoms. The molecule has 1 aromatic rings. The van der Waals surface area contributed by atoms with Crippen molar-refractivity contribution in [2.24, 2.45) is 5.92 Å². The maximum Gasteiger partial charge on any atom is 0.224 e. The van der Waals surface area contributed by atoms with E-state index in [1.165, 1.54) is 43.2 Å². The number of carbonyl (C=O) groups is 1. The summed E-state index contributed by atoms with van der Waals surface area (Å²) in [5, 5.41) is 3.05. The van der Waals surface area contributed by atoms with Gasteiger partial charge in [-0.15, -0.1) is 0 Å². The molecular weight excluding hydrogens is 222 g/mol. The van der Waals surface area contributed by atoms with Crippen molar-refractivity contribution >= 4 is 11.6 Å². The molecule has 1 N–H and O–H groups in total. The topological polar surface area (TPSA) is 29.1 Å². The van der Waals surface area contributed by atoms with Gasteiger partial charge in [0.05, 0.1) is 0 Å². The van der Waals surface area contributed by atoms with Gasteiger partial charge in [0.2, 0.25) is 5.91 Å². The SMILES string of the molecule is Cc1ccc(NC(=O)CC2CCC2)cc1C1CC1. The van der Waals surface area contributed by atoms with Crippen molar-refractivity contribution in [3.63, 3.8) is 0 Å².